The van der Waals surface area contributed by atoms with E-state index in [0.717, 1.165) is 59.1 Å². The fourth-order valence-corrected chi connectivity index (χ4v) is 8.46. The van der Waals surface area contributed by atoms with Gasteiger partial charge in [-0.05, 0) is 95.0 Å². The molecule has 0 aliphatic rings. The van der Waals surface area contributed by atoms with Gasteiger partial charge in [-0.25, -0.2) is 0 Å². The first-order valence-electron chi connectivity index (χ1n) is 19.4. The van der Waals surface area contributed by atoms with Crippen molar-refractivity contribution in [3.8, 4) is 27.9 Å². The summed E-state index contributed by atoms with van der Waals surface area (Å²) in [4.78, 5) is 1.80. The lowest BCUT2D eigenvalue weighted by Crippen LogP contribution is -2.09. The highest BCUT2D eigenvalue weighted by Crippen LogP contribution is 2.42. The molecule has 3 heteroatoms. The zero-order valence-corrected chi connectivity index (χ0v) is 28.2. The van der Waals surface area contributed by atoms with Gasteiger partial charge in [-0.3, -0.25) is 0 Å². The maximum atomic E-state index is 9.01. The summed E-state index contributed by atoms with van der Waals surface area (Å²) in [6.45, 7) is 0. The predicted octanol–water partition coefficient (Wildman–Crippen LogP) is 14.0. The molecule has 0 aliphatic heterocycles. The minimum atomic E-state index is -0.420. The molecule has 0 saturated heterocycles. The molecule has 10 rings (SSSR count). The Morgan fingerprint density at radius 1 is 0.412 bits per heavy atom. The molecule has 0 N–H and O–H groups in total. The molecule has 0 radical (unpaired) electrons. The summed E-state index contributed by atoms with van der Waals surface area (Å²) in [5, 5.41) is 4.68. The molecule has 0 saturated carbocycles. The second kappa shape index (κ2) is 12.2. The van der Waals surface area contributed by atoms with Crippen LogP contribution in [-0.4, -0.2) is 4.57 Å². The van der Waals surface area contributed by atoms with Gasteiger partial charge < -0.3 is 9.47 Å². The Bertz CT molecular complexity index is 3140. The molecule has 51 heavy (non-hydrogen) atoms. The van der Waals surface area contributed by atoms with Crippen LogP contribution < -0.4 is 4.90 Å². The Balaban J connectivity index is 1.11. The molecule has 0 bridgehead atoms. The lowest BCUT2D eigenvalue weighted by molar-refractivity contribution is 1.18. The van der Waals surface area contributed by atoms with Gasteiger partial charge in [0.05, 0.1) is 17.9 Å². The van der Waals surface area contributed by atoms with E-state index in [4.69, 9.17) is 6.85 Å². The van der Waals surface area contributed by atoms with Gasteiger partial charge in [0, 0.05) is 53.7 Å². The third-order valence-corrected chi connectivity index (χ3v) is 10.8. The molecule has 8 aromatic carbocycles. The molecule has 2 heterocycles. The van der Waals surface area contributed by atoms with Crippen molar-refractivity contribution in [3.05, 3.63) is 194 Å². The van der Waals surface area contributed by atoms with Crippen molar-refractivity contribution in [2.75, 3.05) is 4.90 Å². The second-order valence-electron chi connectivity index (χ2n) is 12.6. The quantitative estimate of drug-likeness (QED) is 0.171. The van der Waals surface area contributed by atoms with Crippen LogP contribution in [0.2, 0.25) is 0 Å². The molecule has 240 valence electrons. The van der Waals surface area contributed by atoms with Gasteiger partial charge in [-0.2, -0.15) is 0 Å². The summed E-state index contributed by atoms with van der Waals surface area (Å²) in [5.74, 6) is 0. The topological polar surface area (TPSA) is 8.17 Å². The summed E-state index contributed by atoms with van der Waals surface area (Å²) in [6.07, 6.45) is 0. The predicted molar refractivity (Wildman–Crippen MR) is 219 cm³/mol. The van der Waals surface area contributed by atoms with E-state index in [2.05, 4.69) is 120 Å². The molecule has 0 unspecified atom stereocenters. The van der Waals surface area contributed by atoms with Crippen molar-refractivity contribution in [2.45, 2.75) is 0 Å². The van der Waals surface area contributed by atoms with Gasteiger partial charge >= 0.3 is 0 Å². The van der Waals surface area contributed by atoms with Crippen molar-refractivity contribution in [2.24, 2.45) is 0 Å². The Morgan fingerprint density at radius 2 is 1.04 bits per heavy atom. The molecule has 0 spiro atoms. The lowest BCUT2D eigenvalue weighted by atomic mass is 9.97. The van der Waals surface area contributed by atoms with Crippen molar-refractivity contribution >= 4 is 70.4 Å². The Morgan fingerprint density at radius 3 is 1.88 bits per heavy atom. The number of para-hydroxylation sites is 3. The third kappa shape index (κ3) is 5.10. The van der Waals surface area contributed by atoms with Crippen molar-refractivity contribution in [1.29, 1.82) is 0 Å². The summed E-state index contributed by atoms with van der Waals surface area (Å²) in [5.41, 5.74) is 8.97. The van der Waals surface area contributed by atoms with Gasteiger partial charge in [-0.1, -0.05) is 121 Å². The van der Waals surface area contributed by atoms with Gasteiger partial charge in [-0.15, -0.1) is 11.3 Å². The molecular formula is C48H32N2S. The Labute approximate surface area is 307 Å². The van der Waals surface area contributed by atoms with E-state index in [0.29, 0.717) is 11.4 Å². The first-order valence-corrected chi connectivity index (χ1v) is 17.8. The van der Waals surface area contributed by atoms with E-state index < -0.39 is 6.04 Å². The average molecular weight is 674 g/mol. The standard InChI is InChI=1S/C48H32N2S/c1-3-16-37(17-4-1)49(40-26-28-44-43-22-8-10-24-47(43)51-48(44)32-40)39-20-12-15-35(30-39)33-13-11-14-34(29-33)36-25-27-42-41-21-7-9-23-45(41)50(46(42)31-36)38-18-5-2-6-19-38/h1-32H/i1D,3D,4D,16D,17D. The van der Waals surface area contributed by atoms with E-state index in [9.17, 15) is 0 Å². The van der Waals surface area contributed by atoms with Gasteiger partial charge in [0.15, 0.2) is 0 Å². The summed E-state index contributed by atoms with van der Waals surface area (Å²) < 4.78 is 48.0. The van der Waals surface area contributed by atoms with Crippen LogP contribution in [0.15, 0.2) is 194 Å². The Hall–Kier alpha value is -6.42. The van der Waals surface area contributed by atoms with Crippen LogP contribution in [0, 0.1) is 0 Å². The zero-order valence-electron chi connectivity index (χ0n) is 32.4. The van der Waals surface area contributed by atoms with Crippen LogP contribution in [-0.2, 0) is 0 Å². The highest BCUT2D eigenvalue weighted by Gasteiger charge is 2.17. The summed E-state index contributed by atoms with van der Waals surface area (Å²) in [6, 6.07) is 54.8. The highest BCUT2D eigenvalue weighted by molar-refractivity contribution is 7.25. The normalized spacial score (nSPS) is 12.9. The maximum absolute atomic E-state index is 9.01. The average Bonchev–Trinajstić information content (AvgIpc) is 3.79. The number of thiophene rings is 1. The largest absolute Gasteiger partial charge is 0.310 e. The fourth-order valence-electron chi connectivity index (χ4n) is 7.32. The van der Waals surface area contributed by atoms with Gasteiger partial charge in [0.2, 0.25) is 0 Å². The van der Waals surface area contributed by atoms with Gasteiger partial charge in [0.1, 0.15) is 0 Å². The first kappa shape index (κ1) is 24.7. The van der Waals surface area contributed by atoms with Crippen molar-refractivity contribution in [3.63, 3.8) is 0 Å². The molecule has 0 fully saturated rings. The molecule has 0 amide bonds. The minimum Gasteiger partial charge on any atom is -0.310 e. The molecule has 0 atom stereocenters. The first-order chi connectivity index (χ1) is 27.4. The smallest absolute Gasteiger partial charge is 0.0645 e. The fraction of sp³-hybridized carbons (Fsp3) is 0. The van der Waals surface area contributed by atoms with Crippen molar-refractivity contribution < 1.29 is 6.85 Å². The Kier molecular flexibility index (Phi) is 5.89. The number of hydrogen-bond acceptors (Lipinski definition) is 2. The van der Waals surface area contributed by atoms with Gasteiger partial charge in [0.25, 0.3) is 0 Å². The SMILES string of the molecule is [2H]c1c([2H])c([2H])c(N(c2cccc(-c3cccc(-c4ccc5c6ccccc6n(-c6ccccc6)c5c4)c3)c2)c2ccc3c(c2)sc2ccccc23)c([2H])c1[2H]. The van der Waals surface area contributed by atoms with Crippen LogP contribution >= 0.6 is 11.3 Å². The number of hydrogen-bond donors (Lipinski definition) is 0. The second-order valence-corrected chi connectivity index (χ2v) is 13.7. The number of aromatic nitrogens is 1. The summed E-state index contributed by atoms with van der Waals surface area (Å²) in [7, 11) is 0. The minimum absolute atomic E-state index is 0.101. The van der Waals surface area contributed by atoms with E-state index in [1.165, 1.54) is 10.8 Å². The molecule has 2 nitrogen and oxygen atoms in total. The number of fused-ring (bicyclic) bond motifs is 6. The van der Waals surface area contributed by atoms with Crippen LogP contribution in [0.1, 0.15) is 6.85 Å². The number of benzene rings is 8. The van der Waals surface area contributed by atoms with E-state index in [-0.39, 0.29) is 29.9 Å². The highest BCUT2D eigenvalue weighted by atomic mass is 32.1. The monoisotopic (exact) mass is 673 g/mol. The molecular weight excluding hydrogens is 637 g/mol. The van der Waals surface area contributed by atoms with Crippen LogP contribution in [0.4, 0.5) is 17.1 Å². The van der Waals surface area contributed by atoms with E-state index in [1.54, 1.807) is 16.2 Å². The molecule has 10 aromatic rings. The van der Waals surface area contributed by atoms with E-state index in [1.807, 2.05) is 48.5 Å². The lowest BCUT2D eigenvalue weighted by Gasteiger charge is -2.26. The van der Waals surface area contributed by atoms with Crippen LogP contribution in [0.25, 0.3) is 69.9 Å². The maximum Gasteiger partial charge on any atom is 0.0645 e. The van der Waals surface area contributed by atoms with Crippen LogP contribution in [0.5, 0.6) is 0 Å². The third-order valence-electron chi connectivity index (χ3n) is 9.65. The van der Waals surface area contributed by atoms with E-state index >= 15 is 0 Å². The van der Waals surface area contributed by atoms with Crippen molar-refractivity contribution in [1.82, 2.24) is 4.57 Å². The number of rotatable bonds is 6. The molecule has 2 aromatic heterocycles. The number of anilines is 3. The molecule has 0 aliphatic carbocycles. The summed E-state index contributed by atoms with van der Waals surface area (Å²) >= 11 is 1.68. The van der Waals surface area contributed by atoms with Crippen LogP contribution in [0.3, 0.4) is 0 Å². The zero-order chi connectivity index (χ0) is 38.1. The number of nitrogens with zero attached hydrogens (tertiary/aromatic N) is 2.